The van der Waals surface area contributed by atoms with Gasteiger partial charge >= 0.3 is 34.3 Å². The molecule has 0 spiro atoms. The van der Waals surface area contributed by atoms with Crippen molar-refractivity contribution < 1.29 is 53.4 Å². The summed E-state index contributed by atoms with van der Waals surface area (Å²) in [5.74, 6) is -16.3. The van der Waals surface area contributed by atoms with Crippen molar-refractivity contribution in [2.24, 2.45) is 0 Å². The SMILES string of the molecule is O=C(O)C(F)(OS(=O)(=O)O)C(F)(F)C(F)(F)F. The van der Waals surface area contributed by atoms with Crippen molar-refractivity contribution in [1.29, 1.82) is 0 Å². The number of hydrogen-bond acceptors (Lipinski definition) is 4. The maximum absolute atomic E-state index is 12.9. The van der Waals surface area contributed by atoms with Gasteiger partial charge in [-0.1, -0.05) is 0 Å². The summed E-state index contributed by atoms with van der Waals surface area (Å²) in [6.45, 7) is 0. The van der Waals surface area contributed by atoms with Crippen LogP contribution in [0.15, 0.2) is 0 Å². The van der Waals surface area contributed by atoms with Gasteiger partial charge in [-0.2, -0.15) is 38.9 Å². The zero-order valence-electron chi connectivity index (χ0n) is 7.20. The second-order valence-electron chi connectivity index (χ2n) is 2.48. The Balaban J connectivity index is 5.77. The Kier molecular flexibility index (Phi) is 3.74. The molecule has 0 amide bonds. The molecule has 0 aromatic carbocycles. The first-order valence-corrected chi connectivity index (χ1v) is 4.56. The van der Waals surface area contributed by atoms with Crippen molar-refractivity contribution in [2.75, 3.05) is 0 Å². The van der Waals surface area contributed by atoms with Crippen LogP contribution in [-0.4, -0.2) is 42.0 Å². The molecule has 0 aliphatic carbocycles. The van der Waals surface area contributed by atoms with Gasteiger partial charge in [0, 0.05) is 0 Å². The highest BCUT2D eigenvalue weighted by molar-refractivity contribution is 7.81. The quantitative estimate of drug-likeness (QED) is 0.586. The third-order valence-electron chi connectivity index (χ3n) is 1.26. The molecule has 102 valence electrons. The molecule has 0 radical (unpaired) electrons. The van der Waals surface area contributed by atoms with E-state index in [-0.39, 0.29) is 0 Å². The lowest BCUT2D eigenvalue weighted by atomic mass is 10.1. The summed E-state index contributed by atoms with van der Waals surface area (Å²) in [5.41, 5.74) is 0. The highest BCUT2D eigenvalue weighted by Gasteiger charge is 2.78. The van der Waals surface area contributed by atoms with E-state index in [4.69, 9.17) is 9.66 Å². The Bertz CT molecular complexity index is 413. The molecule has 0 rings (SSSR count). The molecule has 0 aromatic heterocycles. The summed E-state index contributed by atoms with van der Waals surface area (Å²) in [7, 11) is -6.21. The standard InChI is InChI=1S/C4H2F6O6S/c5-2(1(11)12,16-17(13,14)15)3(6,7)4(8,9)10/h(H,11,12)(H,13,14,15). The molecule has 13 heteroatoms. The van der Waals surface area contributed by atoms with E-state index >= 15 is 0 Å². The van der Waals surface area contributed by atoms with Crippen LogP contribution in [0.3, 0.4) is 0 Å². The Morgan fingerprint density at radius 3 is 1.59 bits per heavy atom. The number of alkyl halides is 6. The first-order chi connectivity index (χ1) is 7.15. The van der Waals surface area contributed by atoms with Crippen LogP contribution in [0.1, 0.15) is 0 Å². The minimum Gasteiger partial charge on any atom is -0.477 e. The number of carboxylic acid groups (broad SMARTS) is 1. The number of carbonyl (C=O) groups is 1. The van der Waals surface area contributed by atoms with E-state index in [1.54, 1.807) is 0 Å². The van der Waals surface area contributed by atoms with E-state index < -0.39 is 34.3 Å². The number of carboxylic acids is 1. The number of halogens is 6. The molecule has 0 fully saturated rings. The highest BCUT2D eigenvalue weighted by atomic mass is 32.3. The van der Waals surface area contributed by atoms with E-state index in [1.807, 2.05) is 0 Å². The Labute approximate surface area is 88.7 Å². The third-order valence-corrected chi connectivity index (χ3v) is 1.70. The fourth-order valence-electron chi connectivity index (χ4n) is 0.550. The summed E-state index contributed by atoms with van der Waals surface area (Å²) < 4.78 is 102. The van der Waals surface area contributed by atoms with E-state index in [2.05, 4.69) is 4.18 Å². The maximum atomic E-state index is 12.9. The highest BCUT2D eigenvalue weighted by Crippen LogP contribution is 2.46. The summed E-state index contributed by atoms with van der Waals surface area (Å²) in [5, 5.41) is 7.84. The van der Waals surface area contributed by atoms with Crippen LogP contribution in [-0.2, 0) is 19.4 Å². The molecule has 0 aromatic rings. The molecule has 17 heavy (non-hydrogen) atoms. The number of aliphatic carboxylic acids is 1. The van der Waals surface area contributed by atoms with E-state index in [9.17, 15) is 39.6 Å². The summed E-state index contributed by atoms with van der Waals surface area (Å²) in [6, 6.07) is 0. The zero-order valence-corrected chi connectivity index (χ0v) is 8.02. The lowest BCUT2D eigenvalue weighted by Gasteiger charge is -2.28. The van der Waals surface area contributed by atoms with Crippen molar-refractivity contribution in [2.45, 2.75) is 18.0 Å². The molecular formula is C4H2F6O6S. The van der Waals surface area contributed by atoms with Gasteiger partial charge < -0.3 is 5.11 Å². The molecule has 0 saturated heterocycles. The molecule has 1 atom stereocenters. The predicted molar refractivity (Wildman–Crippen MR) is 35.1 cm³/mol. The molecule has 1 unspecified atom stereocenters. The monoisotopic (exact) mass is 292 g/mol. The topological polar surface area (TPSA) is 101 Å². The second-order valence-corrected chi connectivity index (χ2v) is 3.51. The van der Waals surface area contributed by atoms with Crippen molar-refractivity contribution in [1.82, 2.24) is 0 Å². The van der Waals surface area contributed by atoms with Crippen LogP contribution in [0.25, 0.3) is 0 Å². The van der Waals surface area contributed by atoms with Crippen molar-refractivity contribution >= 4 is 16.4 Å². The largest absolute Gasteiger partial charge is 0.477 e. The van der Waals surface area contributed by atoms with Gasteiger partial charge in [0.15, 0.2) is 0 Å². The van der Waals surface area contributed by atoms with Crippen LogP contribution in [0.4, 0.5) is 26.3 Å². The van der Waals surface area contributed by atoms with Crippen molar-refractivity contribution in [3.05, 3.63) is 0 Å². The van der Waals surface area contributed by atoms with Gasteiger partial charge in [0.05, 0.1) is 0 Å². The summed E-state index contributed by atoms with van der Waals surface area (Å²) in [6.07, 6.45) is -6.76. The van der Waals surface area contributed by atoms with Gasteiger partial charge in [-0.3, -0.25) is 4.55 Å². The summed E-state index contributed by atoms with van der Waals surface area (Å²) in [4.78, 5) is 9.94. The summed E-state index contributed by atoms with van der Waals surface area (Å²) >= 11 is 0. The van der Waals surface area contributed by atoms with Crippen LogP contribution in [0.2, 0.25) is 0 Å². The van der Waals surface area contributed by atoms with Gasteiger partial charge in [0.1, 0.15) is 0 Å². The molecule has 0 aliphatic heterocycles. The van der Waals surface area contributed by atoms with Gasteiger partial charge in [-0.25, -0.2) is 4.79 Å². The van der Waals surface area contributed by atoms with Gasteiger partial charge in [0.25, 0.3) is 0 Å². The molecule has 0 saturated carbocycles. The lowest BCUT2D eigenvalue weighted by molar-refractivity contribution is -0.357. The third kappa shape index (κ3) is 2.98. The minimum absolute atomic E-state index is 2.27. The number of hydrogen-bond donors (Lipinski definition) is 2. The molecule has 0 heterocycles. The molecule has 0 bridgehead atoms. The van der Waals surface area contributed by atoms with Crippen molar-refractivity contribution in [3.8, 4) is 0 Å². The van der Waals surface area contributed by atoms with Crippen LogP contribution in [0.5, 0.6) is 0 Å². The predicted octanol–water partition coefficient (Wildman–Crippen LogP) is 0.754. The smallest absolute Gasteiger partial charge is 0.460 e. The van der Waals surface area contributed by atoms with E-state index in [1.165, 1.54) is 0 Å². The van der Waals surface area contributed by atoms with Gasteiger partial charge in [-0.15, -0.1) is 0 Å². The van der Waals surface area contributed by atoms with Crippen LogP contribution >= 0.6 is 0 Å². The Morgan fingerprint density at radius 1 is 1.06 bits per heavy atom. The first kappa shape index (κ1) is 15.9. The average molecular weight is 292 g/mol. The van der Waals surface area contributed by atoms with E-state index in [0.29, 0.717) is 0 Å². The molecule has 2 N–H and O–H groups in total. The number of rotatable bonds is 4. The molecule has 6 nitrogen and oxygen atoms in total. The fraction of sp³-hybridized carbons (Fsp3) is 0.750. The lowest BCUT2D eigenvalue weighted by Crippen LogP contribution is -2.60. The van der Waals surface area contributed by atoms with Crippen molar-refractivity contribution in [3.63, 3.8) is 0 Å². The first-order valence-electron chi connectivity index (χ1n) is 3.20. The Morgan fingerprint density at radius 2 is 1.41 bits per heavy atom. The molecular weight excluding hydrogens is 290 g/mol. The van der Waals surface area contributed by atoms with Gasteiger partial charge in [-0.05, 0) is 0 Å². The Hall–Kier alpha value is -1.08. The van der Waals surface area contributed by atoms with Gasteiger partial charge in [0.2, 0.25) is 0 Å². The molecule has 0 aliphatic rings. The van der Waals surface area contributed by atoms with Crippen LogP contribution < -0.4 is 0 Å². The maximum Gasteiger partial charge on any atom is 0.460 e. The minimum atomic E-state index is -6.76. The normalized spacial score (nSPS) is 17.6. The second kappa shape index (κ2) is 3.99. The zero-order chi connectivity index (χ0) is 14.3. The average Bonchev–Trinajstić information content (AvgIpc) is 1.97. The van der Waals surface area contributed by atoms with E-state index in [0.717, 1.165) is 0 Å². The van der Waals surface area contributed by atoms with Crippen LogP contribution in [0, 0.1) is 0 Å². The fourth-order valence-corrected chi connectivity index (χ4v) is 1.02.